The van der Waals surface area contributed by atoms with E-state index in [2.05, 4.69) is 11.0 Å². The average molecular weight is 421 g/mol. The van der Waals surface area contributed by atoms with Crippen LogP contribution in [0.2, 0.25) is 0 Å². The average Bonchev–Trinajstić information content (AvgIpc) is 3.64. The molecule has 1 saturated carbocycles. The number of likely N-dealkylation sites (tertiary alicyclic amines) is 2. The molecule has 0 bridgehead atoms. The van der Waals surface area contributed by atoms with E-state index in [1.165, 1.54) is 45.2 Å². The molecule has 0 aromatic heterocycles. The van der Waals surface area contributed by atoms with Crippen LogP contribution >= 0.6 is 0 Å². The molecule has 0 unspecified atom stereocenters. The van der Waals surface area contributed by atoms with E-state index in [9.17, 15) is 9.90 Å². The van der Waals surface area contributed by atoms with Crippen LogP contribution in [0.25, 0.3) is 0 Å². The molecule has 0 radical (unpaired) electrons. The molecule has 1 amide bonds. The number of carbonyl (C=O) groups excluding carboxylic acids is 1. The van der Waals surface area contributed by atoms with Gasteiger partial charge in [-0.3, -0.25) is 4.79 Å². The van der Waals surface area contributed by atoms with Crippen LogP contribution in [0.5, 0.6) is 0 Å². The van der Waals surface area contributed by atoms with E-state index in [1.54, 1.807) is 0 Å². The number of hydrogen-bond acceptors (Lipinski definition) is 5. The van der Waals surface area contributed by atoms with Crippen molar-refractivity contribution in [3.63, 3.8) is 0 Å². The molecule has 3 fully saturated rings. The van der Waals surface area contributed by atoms with Crippen LogP contribution in [0.4, 0.5) is 0 Å². The summed E-state index contributed by atoms with van der Waals surface area (Å²) < 4.78 is 12.1. The molecular weight excluding hydrogens is 380 g/mol. The Hall–Kier alpha value is -1.11. The third-order valence-electron chi connectivity index (χ3n) is 7.49. The van der Waals surface area contributed by atoms with Crippen molar-refractivity contribution in [1.29, 1.82) is 0 Å². The lowest BCUT2D eigenvalue weighted by atomic mass is 9.82. The molecular formula is C24H40N2O4. The molecule has 0 aromatic rings. The van der Waals surface area contributed by atoms with Gasteiger partial charge in [0.25, 0.3) is 5.91 Å². The van der Waals surface area contributed by atoms with E-state index in [0.29, 0.717) is 30.2 Å². The Labute approximate surface area is 181 Å². The third-order valence-corrected chi connectivity index (χ3v) is 7.49. The number of carbonyl (C=O) groups is 1. The van der Waals surface area contributed by atoms with Crippen molar-refractivity contribution in [3.8, 4) is 0 Å². The number of allylic oxidation sites excluding steroid dienone is 1. The molecule has 4 aliphatic rings. The summed E-state index contributed by atoms with van der Waals surface area (Å²) in [4.78, 5) is 18.0. The maximum absolute atomic E-state index is 13.3. The van der Waals surface area contributed by atoms with Crippen LogP contribution in [-0.2, 0) is 14.3 Å². The Morgan fingerprint density at radius 1 is 1.13 bits per heavy atom. The Balaban J connectivity index is 1.40. The lowest BCUT2D eigenvalue weighted by Crippen LogP contribution is -2.49. The fourth-order valence-electron chi connectivity index (χ4n) is 5.67. The number of aliphatic hydroxyl groups excluding tert-OH is 1. The van der Waals surface area contributed by atoms with Gasteiger partial charge < -0.3 is 24.4 Å². The van der Waals surface area contributed by atoms with E-state index in [4.69, 9.17) is 9.47 Å². The SMILES string of the molecule is CCO[C@@H]1OC(C(=O)N2CCC(N3CCCCC3)CC2)=C[C@H](C2CC2)[C@@H]1CCCO. The van der Waals surface area contributed by atoms with Gasteiger partial charge in [0.1, 0.15) is 0 Å². The Bertz CT molecular complexity index is 592. The van der Waals surface area contributed by atoms with E-state index >= 15 is 0 Å². The van der Waals surface area contributed by atoms with Gasteiger partial charge in [0.2, 0.25) is 6.29 Å². The van der Waals surface area contributed by atoms with E-state index in [-0.39, 0.29) is 24.7 Å². The first-order valence-corrected chi connectivity index (χ1v) is 12.4. The monoisotopic (exact) mass is 420 g/mol. The van der Waals surface area contributed by atoms with Gasteiger partial charge in [-0.2, -0.15) is 0 Å². The second kappa shape index (κ2) is 10.5. The number of ether oxygens (including phenoxy) is 2. The number of aliphatic hydroxyl groups is 1. The largest absolute Gasteiger partial charge is 0.459 e. The third kappa shape index (κ3) is 5.20. The van der Waals surface area contributed by atoms with E-state index in [0.717, 1.165) is 38.8 Å². The van der Waals surface area contributed by atoms with Crippen molar-refractivity contribution < 1.29 is 19.4 Å². The number of rotatable bonds is 8. The van der Waals surface area contributed by atoms with E-state index in [1.807, 2.05) is 11.8 Å². The van der Waals surface area contributed by atoms with Crippen LogP contribution < -0.4 is 0 Å². The predicted octanol–water partition coefficient (Wildman–Crippen LogP) is 3.15. The lowest BCUT2D eigenvalue weighted by molar-refractivity contribution is -0.177. The normalized spacial score (nSPS) is 31.3. The first-order valence-electron chi connectivity index (χ1n) is 12.4. The highest BCUT2D eigenvalue weighted by Gasteiger charge is 2.44. The first-order chi connectivity index (χ1) is 14.7. The minimum atomic E-state index is -0.373. The molecule has 4 rings (SSSR count). The standard InChI is InChI=1S/C24H40N2O4/c1-2-29-24-20(7-6-16-27)21(18-8-9-18)17-22(30-24)23(28)26-14-10-19(11-15-26)25-12-4-3-5-13-25/h17-21,24,27H,2-16H2,1H3/t20-,21+,24+/m0/s1. The molecule has 3 heterocycles. The minimum Gasteiger partial charge on any atom is -0.459 e. The van der Waals surface area contributed by atoms with Gasteiger partial charge in [-0.1, -0.05) is 6.42 Å². The molecule has 6 heteroatoms. The molecule has 3 atom stereocenters. The summed E-state index contributed by atoms with van der Waals surface area (Å²) in [5, 5.41) is 9.32. The molecule has 3 aliphatic heterocycles. The predicted molar refractivity (Wildman–Crippen MR) is 116 cm³/mol. The zero-order valence-corrected chi connectivity index (χ0v) is 18.6. The van der Waals surface area contributed by atoms with Crippen molar-refractivity contribution in [2.75, 3.05) is 39.4 Å². The summed E-state index contributed by atoms with van der Waals surface area (Å²) >= 11 is 0. The molecule has 30 heavy (non-hydrogen) atoms. The van der Waals surface area contributed by atoms with Crippen LogP contribution in [0.3, 0.4) is 0 Å². The molecule has 170 valence electrons. The maximum Gasteiger partial charge on any atom is 0.288 e. The highest BCUT2D eigenvalue weighted by atomic mass is 16.7. The summed E-state index contributed by atoms with van der Waals surface area (Å²) in [7, 11) is 0. The number of nitrogens with zero attached hydrogens (tertiary/aromatic N) is 2. The van der Waals surface area contributed by atoms with Gasteiger partial charge >= 0.3 is 0 Å². The topological polar surface area (TPSA) is 62.2 Å². The maximum atomic E-state index is 13.3. The smallest absolute Gasteiger partial charge is 0.288 e. The van der Waals surface area contributed by atoms with Crippen LogP contribution in [0, 0.1) is 17.8 Å². The van der Waals surface area contributed by atoms with Crippen LogP contribution in [0.1, 0.15) is 64.7 Å². The van der Waals surface area contributed by atoms with Crippen LogP contribution in [0.15, 0.2) is 11.8 Å². The summed E-state index contributed by atoms with van der Waals surface area (Å²) in [5.41, 5.74) is 0. The summed E-state index contributed by atoms with van der Waals surface area (Å²) in [5.74, 6) is 1.73. The van der Waals surface area contributed by atoms with Crippen LogP contribution in [-0.4, -0.2) is 72.5 Å². The second-order valence-electron chi connectivity index (χ2n) is 9.54. The van der Waals surface area contributed by atoms with Crippen molar-refractivity contribution in [2.45, 2.75) is 77.0 Å². The molecule has 0 spiro atoms. The Kier molecular flexibility index (Phi) is 7.71. The zero-order chi connectivity index (χ0) is 20.9. The number of hydrogen-bond donors (Lipinski definition) is 1. The number of piperidine rings is 2. The van der Waals surface area contributed by atoms with Gasteiger partial charge in [0.05, 0.1) is 0 Å². The van der Waals surface area contributed by atoms with Gasteiger partial charge in [0.15, 0.2) is 5.76 Å². The Morgan fingerprint density at radius 2 is 1.87 bits per heavy atom. The number of amides is 1. The molecule has 1 N–H and O–H groups in total. The van der Waals surface area contributed by atoms with Gasteiger partial charge in [-0.05, 0) is 89.3 Å². The fourth-order valence-corrected chi connectivity index (χ4v) is 5.67. The zero-order valence-electron chi connectivity index (χ0n) is 18.6. The highest BCUT2D eigenvalue weighted by molar-refractivity contribution is 5.91. The molecule has 2 saturated heterocycles. The molecule has 6 nitrogen and oxygen atoms in total. The fraction of sp³-hybridized carbons (Fsp3) is 0.875. The lowest BCUT2D eigenvalue weighted by Gasteiger charge is -2.41. The van der Waals surface area contributed by atoms with Gasteiger partial charge in [-0.25, -0.2) is 0 Å². The quantitative estimate of drug-likeness (QED) is 0.654. The van der Waals surface area contributed by atoms with Crippen molar-refractivity contribution >= 4 is 5.91 Å². The second-order valence-corrected chi connectivity index (χ2v) is 9.54. The van der Waals surface area contributed by atoms with Crippen molar-refractivity contribution in [2.24, 2.45) is 17.8 Å². The van der Waals surface area contributed by atoms with Crippen molar-refractivity contribution in [1.82, 2.24) is 9.80 Å². The minimum absolute atomic E-state index is 0.0445. The van der Waals surface area contributed by atoms with Crippen molar-refractivity contribution in [3.05, 3.63) is 11.8 Å². The molecule has 1 aliphatic carbocycles. The Morgan fingerprint density at radius 3 is 2.50 bits per heavy atom. The summed E-state index contributed by atoms with van der Waals surface area (Å²) in [6.45, 7) is 6.82. The summed E-state index contributed by atoms with van der Waals surface area (Å²) in [6, 6.07) is 0.633. The molecule has 0 aromatic carbocycles. The first kappa shape index (κ1) is 22.1. The van der Waals surface area contributed by atoms with E-state index < -0.39 is 0 Å². The van der Waals surface area contributed by atoms with Gasteiger partial charge in [0, 0.05) is 38.3 Å². The van der Waals surface area contributed by atoms with Gasteiger partial charge in [-0.15, -0.1) is 0 Å². The highest BCUT2D eigenvalue weighted by Crippen LogP contribution is 2.47. The summed E-state index contributed by atoms with van der Waals surface area (Å²) in [6.07, 6.45) is 11.9.